The van der Waals surface area contributed by atoms with E-state index < -0.39 is 5.60 Å². The van der Waals surface area contributed by atoms with E-state index in [0.717, 1.165) is 11.3 Å². The van der Waals surface area contributed by atoms with Crippen LogP contribution in [0.4, 0.5) is 5.82 Å². The first-order valence-electron chi connectivity index (χ1n) is 6.65. The SMILES string of the molecule is Cc1ccc(C(C)(O)CNc2ccc3nccnc3n2)o1. The molecule has 3 aromatic rings. The molecule has 21 heavy (non-hydrogen) atoms. The fourth-order valence-corrected chi connectivity index (χ4v) is 2.03. The second kappa shape index (κ2) is 5.14. The third-order valence-corrected chi connectivity index (χ3v) is 3.22. The van der Waals surface area contributed by atoms with Crippen LogP contribution in [0.3, 0.4) is 0 Å². The summed E-state index contributed by atoms with van der Waals surface area (Å²) < 4.78 is 5.47. The number of nitrogens with zero attached hydrogens (tertiary/aromatic N) is 3. The van der Waals surface area contributed by atoms with Crippen LogP contribution in [0, 0.1) is 6.92 Å². The van der Waals surface area contributed by atoms with Crippen molar-refractivity contribution in [2.75, 3.05) is 11.9 Å². The molecule has 0 spiro atoms. The number of aryl methyl sites for hydroxylation is 1. The molecule has 0 aliphatic heterocycles. The van der Waals surface area contributed by atoms with Gasteiger partial charge >= 0.3 is 0 Å². The largest absolute Gasteiger partial charge is 0.463 e. The highest BCUT2D eigenvalue weighted by Crippen LogP contribution is 2.23. The van der Waals surface area contributed by atoms with Gasteiger partial charge in [0.2, 0.25) is 0 Å². The van der Waals surface area contributed by atoms with Crippen LogP contribution in [0.2, 0.25) is 0 Å². The summed E-state index contributed by atoms with van der Waals surface area (Å²) >= 11 is 0. The molecule has 2 N–H and O–H groups in total. The van der Waals surface area contributed by atoms with Crippen LogP contribution in [0.15, 0.2) is 41.1 Å². The van der Waals surface area contributed by atoms with Gasteiger partial charge in [-0.1, -0.05) is 0 Å². The first kappa shape index (κ1) is 13.5. The van der Waals surface area contributed by atoms with Gasteiger partial charge in [0.15, 0.2) is 5.65 Å². The van der Waals surface area contributed by atoms with Gasteiger partial charge in [-0.15, -0.1) is 0 Å². The summed E-state index contributed by atoms with van der Waals surface area (Å²) in [6, 6.07) is 7.24. The summed E-state index contributed by atoms with van der Waals surface area (Å²) in [6.07, 6.45) is 3.22. The van der Waals surface area contributed by atoms with Crippen LogP contribution < -0.4 is 5.32 Å². The van der Waals surface area contributed by atoms with E-state index in [1.807, 2.05) is 19.1 Å². The predicted molar refractivity (Wildman–Crippen MR) is 78.8 cm³/mol. The molecule has 0 radical (unpaired) electrons. The molecule has 6 nitrogen and oxygen atoms in total. The third-order valence-electron chi connectivity index (χ3n) is 3.22. The lowest BCUT2D eigenvalue weighted by Gasteiger charge is -2.21. The lowest BCUT2D eigenvalue weighted by atomic mass is 10.0. The zero-order chi connectivity index (χ0) is 14.9. The predicted octanol–water partition coefficient (Wildman–Crippen LogP) is 2.25. The Morgan fingerprint density at radius 3 is 2.76 bits per heavy atom. The van der Waals surface area contributed by atoms with Crippen molar-refractivity contribution in [2.24, 2.45) is 0 Å². The number of nitrogens with one attached hydrogen (secondary N) is 1. The maximum atomic E-state index is 10.5. The second-order valence-electron chi connectivity index (χ2n) is 5.13. The van der Waals surface area contributed by atoms with Crippen LogP contribution in [0.5, 0.6) is 0 Å². The second-order valence-corrected chi connectivity index (χ2v) is 5.13. The number of anilines is 1. The molecule has 0 aromatic carbocycles. The van der Waals surface area contributed by atoms with Crippen molar-refractivity contribution in [3.8, 4) is 0 Å². The molecule has 3 aromatic heterocycles. The Kier molecular flexibility index (Phi) is 3.31. The monoisotopic (exact) mass is 284 g/mol. The number of hydrogen-bond donors (Lipinski definition) is 2. The van der Waals surface area contributed by atoms with Gasteiger partial charge in [0.05, 0.1) is 6.54 Å². The highest BCUT2D eigenvalue weighted by Gasteiger charge is 2.26. The molecule has 0 aliphatic rings. The van der Waals surface area contributed by atoms with Gasteiger partial charge in [-0.25, -0.2) is 9.97 Å². The highest BCUT2D eigenvalue weighted by atomic mass is 16.4. The van der Waals surface area contributed by atoms with E-state index >= 15 is 0 Å². The Labute approximate surface area is 121 Å². The molecule has 6 heteroatoms. The van der Waals surface area contributed by atoms with Crippen molar-refractivity contribution in [3.63, 3.8) is 0 Å². The smallest absolute Gasteiger partial charge is 0.180 e. The van der Waals surface area contributed by atoms with E-state index in [9.17, 15) is 5.11 Å². The van der Waals surface area contributed by atoms with E-state index in [2.05, 4.69) is 20.3 Å². The first-order chi connectivity index (χ1) is 10.0. The van der Waals surface area contributed by atoms with Crippen LogP contribution in [-0.4, -0.2) is 26.6 Å². The molecule has 3 heterocycles. The van der Waals surface area contributed by atoms with Crippen LogP contribution in [0.1, 0.15) is 18.4 Å². The highest BCUT2D eigenvalue weighted by molar-refractivity contribution is 5.71. The normalized spacial score (nSPS) is 14.0. The van der Waals surface area contributed by atoms with Gasteiger partial charge in [0, 0.05) is 12.4 Å². The van der Waals surface area contributed by atoms with Gasteiger partial charge in [-0.3, -0.25) is 4.98 Å². The number of hydrogen-bond acceptors (Lipinski definition) is 6. The zero-order valence-corrected chi connectivity index (χ0v) is 11.9. The van der Waals surface area contributed by atoms with Crippen molar-refractivity contribution in [2.45, 2.75) is 19.4 Å². The van der Waals surface area contributed by atoms with E-state index in [1.54, 1.807) is 31.5 Å². The Morgan fingerprint density at radius 2 is 2.00 bits per heavy atom. The molecule has 0 amide bonds. The van der Waals surface area contributed by atoms with E-state index in [-0.39, 0.29) is 6.54 Å². The maximum Gasteiger partial charge on any atom is 0.180 e. The molecule has 0 saturated heterocycles. The first-order valence-corrected chi connectivity index (χ1v) is 6.65. The van der Waals surface area contributed by atoms with Crippen LogP contribution in [-0.2, 0) is 5.60 Å². The van der Waals surface area contributed by atoms with Crippen LogP contribution >= 0.6 is 0 Å². The Balaban J connectivity index is 1.76. The zero-order valence-electron chi connectivity index (χ0n) is 11.9. The number of fused-ring (bicyclic) bond motifs is 1. The number of pyridine rings is 1. The third kappa shape index (κ3) is 2.85. The summed E-state index contributed by atoms with van der Waals surface area (Å²) in [5.41, 5.74) is 0.181. The fraction of sp³-hybridized carbons (Fsp3) is 0.267. The Hall–Kier alpha value is -2.47. The van der Waals surface area contributed by atoms with Crippen molar-refractivity contribution in [1.82, 2.24) is 15.0 Å². The average molecular weight is 284 g/mol. The molecular weight excluding hydrogens is 268 g/mol. The van der Waals surface area contributed by atoms with Crippen molar-refractivity contribution >= 4 is 17.0 Å². The summed E-state index contributed by atoms with van der Waals surface area (Å²) in [4.78, 5) is 12.7. The molecule has 1 unspecified atom stereocenters. The summed E-state index contributed by atoms with van der Waals surface area (Å²) in [5.74, 6) is 1.92. The van der Waals surface area contributed by atoms with Crippen molar-refractivity contribution in [1.29, 1.82) is 0 Å². The van der Waals surface area contributed by atoms with Gasteiger partial charge in [0.1, 0.15) is 28.5 Å². The minimum Gasteiger partial charge on any atom is -0.463 e. The van der Waals surface area contributed by atoms with Crippen LogP contribution in [0.25, 0.3) is 11.2 Å². The Morgan fingerprint density at radius 1 is 1.19 bits per heavy atom. The molecular formula is C15H16N4O2. The fourth-order valence-electron chi connectivity index (χ4n) is 2.03. The number of rotatable bonds is 4. The lowest BCUT2D eigenvalue weighted by molar-refractivity contribution is 0.0467. The van der Waals surface area contributed by atoms with Gasteiger partial charge < -0.3 is 14.8 Å². The number of furan rings is 1. The van der Waals surface area contributed by atoms with Crippen molar-refractivity contribution < 1.29 is 9.52 Å². The van der Waals surface area contributed by atoms with E-state index in [0.29, 0.717) is 17.2 Å². The van der Waals surface area contributed by atoms with E-state index in [4.69, 9.17) is 4.42 Å². The Bertz CT molecular complexity index is 767. The van der Waals surface area contributed by atoms with Gasteiger partial charge in [-0.2, -0.15) is 0 Å². The van der Waals surface area contributed by atoms with Gasteiger partial charge in [0.25, 0.3) is 0 Å². The minimum absolute atomic E-state index is 0.277. The van der Waals surface area contributed by atoms with E-state index in [1.165, 1.54) is 0 Å². The summed E-state index contributed by atoms with van der Waals surface area (Å²) in [6.45, 7) is 3.81. The standard InChI is InChI=1S/C15H16N4O2/c1-10-3-5-12(21-10)15(2,20)9-18-13-6-4-11-14(19-13)17-8-7-16-11/h3-8,20H,9H2,1-2H3,(H,17,18,19). The molecule has 3 rings (SSSR count). The molecule has 0 saturated carbocycles. The topological polar surface area (TPSA) is 84.1 Å². The summed E-state index contributed by atoms with van der Waals surface area (Å²) in [5, 5.41) is 13.6. The lowest BCUT2D eigenvalue weighted by Crippen LogP contribution is -2.30. The molecule has 0 fully saturated rings. The molecule has 0 aliphatic carbocycles. The average Bonchev–Trinajstić information content (AvgIpc) is 2.92. The minimum atomic E-state index is -1.12. The van der Waals surface area contributed by atoms with Gasteiger partial charge in [-0.05, 0) is 38.1 Å². The summed E-state index contributed by atoms with van der Waals surface area (Å²) in [7, 11) is 0. The quantitative estimate of drug-likeness (QED) is 0.764. The van der Waals surface area contributed by atoms with Crippen molar-refractivity contribution in [3.05, 3.63) is 48.2 Å². The molecule has 108 valence electrons. The number of aliphatic hydroxyl groups is 1. The molecule has 1 atom stereocenters. The maximum absolute atomic E-state index is 10.5. The number of aromatic nitrogens is 3. The molecule has 0 bridgehead atoms.